The third-order valence-electron chi connectivity index (χ3n) is 14.7. The number of benzene rings is 11. The number of anilines is 6. The van der Waals surface area contributed by atoms with Crippen LogP contribution in [0, 0.1) is 27.7 Å². The smallest absolute Gasteiger partial charge is 0.0737 e. The quantitative estimate of drug-likeness (QED) is 0.154. The third-order valence-corrected chi connectivity index (χ3v) is 14.7. The summed E-state index contributed by atoms with van der Waals surface area (Å²) in [6.07, 6.45) is 0. The van der Waals surface area contributed by atoms with Crippen molar-refractivity contribution in [3.63, 3.8) is 0 Å². The van der Waals surface area contributed by atoms with Gasteiger partial charge in [-0.2, -0.15) is 0 Å². The Morgan fingerprint density at radius 2 is 0.821 bits per heavy atom. The fourth-order valence-electron chi connectivity index (χ4n) is 12.1. The summed E-state index contributed by atoms with van der Waals surface area (Å²) < 4.78 is 0. The Bertz CT molecular complexity index is 3760. The van der Waals surface area contributed by atoms with Crippen molar-refractivity contribution >= 4 is 66.4 Å². The van der Waals surface area contributed by atoms with Crippen molar-refractivity contribution in [2.45, 2.75) is 33.1 Å². The average molecular weight is 857 g/mol. The molecule has 11 aromatic rings. The minimum atomic E-state index is -0.581. The molecule has 0 aliphatic heterocycles. The van der Waals surface area contributed by atoms with Crippen molar-refractivity contribution in [1.29, 1.82) is 0 Å². The van der Waals surface area contributed by atoms with E-state index in [1.165, 1.54) is 110 Å². The van der Waals surface area contributed by atoms with Crippen LogP contribution in [-0.2, 0) is 5.41 Å². The summed E-state index contributed by atoms with van der Waals surface area (Å²) in [7, 11) is 0. The number of para-hydroxylation sites is 2. The fraction of sp³-hybridized carbons (Fsp3) is 0.0769. The lowest BCUT2D eigenvalue weighted by molar-refractivity contribution is 0.809. The second kappa shape index (κ2) is 14.9. The molecule has 11 aromatic carbocycles. The summed E-state index contributed by atoms with van der Waals surface area (Å²) >= 11 is 0. The van der Waals surface area contributed by atoms with Gasteiger partial charge in [0.2, 0.25) is 0 Å². The van der Waals surface area contributed by atoms with Crippen molar-refractivity contribution in [3.8, 4) is 22.3 Å². The maximum absolute atomic E-state index is 2.46. The molecular formula is C65H48N2. The zero-order chi connectivity index (χ0) is 45.0. The first-order valence-corrected chi connectivity index (χ1v) is 23.5. The van der Waals surface area contributed by atoms with E-state index in [1.54, 1.807) is 0 Å². The van der Waals surface area contributed by atoms with Crippen molar-refractivity contribution < 1.29 is 0 Å². The Labute approximate surface area is 392 Å². The summed E-state index contributed by atoms with van der Waals surface area (Å²) in [5.41, 5.74) is 22.0. The van der Waals surface area contributed by atoms with Gasteiger partial charge in [-0.15, -0.1) is 0 Å². The van der Waals surface area contributed by atoms with Crippen LogP contribution >= 0.6 is 0 Å². The van der Waals surface area contributed by atoms with E-state index in [0.717, 1.165) is 22.7 Å². The number of aryl methyl sites for hydroxylation is 4. The van der Waals surface area contributed by atoms with Crippen molar-refractivity contribution in [3.05, 3.63) is 263 Å². The first kappa shape index (κ1) is 39.2. The van der Waals surface area contributed by atoms with Crippen molar-refractivity contribution in [2.75, 3.05) is 9.80 Å². The maximum atomic E-state index is 2.46. The molecule has 0 saturated heterocycles. The van der Waals surface area contributed by atoms with Crippen LogP contribution in [0.25, 0.3) is 54.6 Å². The number of hydrogen-bond acceptors (Lipinski definition) is 2. The van der Waals surface area contributed by atoms with Gasteiger partial charge in [0.1, 0.15) is 0 Å². The number of rotatable bonds is 6. The van der Waals surface area contributed by atoms with Crippen LogP contribution in [0.3, 0.4) is 0 Å². The van der Waals surface area contributed by atoms with Gasteiger partial charge in [-0.1, -0.05) is 169 Å². The zero-order valence-corrected chi connectivity index (χ0v) is 38.2. The molecule has 0 unspecified atom stereocenters. The summed E-state index contributed by atoms with van der Waals surface area (Å²) in [5.74, 6) is 0. The van der Waals surface area contributed by atoms with Crippen LogP contribution in [0.4, 0.5) is 34.1 Å². The zero-order valence-electron chi connectivity index (χ0n) is 38.2. The highest BCUT2D eigenvalue weighted by Crippen LogP contribution is 2.67. The normalized spacial score (nSPS) is 12.9. The third kappa shape index (κ3) is 5.69. The molecule has 0 atom stereocenters. The van der Waals surface area contributed by atoms with Crippen molar-refractivity contribution in [1.82, 2.24) is 0 Å². The van der Waals surface area contributed by atoms with Gasteiger partial charge in [0.05, 0.1) is 5.41 Å². The van der Waals surface area contributed by atoms with Crippen LogP contribution in [-0.4, -0.2) is 0 Å². The Hall–Kier alpha value is -8.20. The number of hydrogen-bond donors (Lipinski definition) is 0. The van der Waals surface area contributed by atoms with Crippen LogP contribution in [0.1, 0.15) is 44.5 Å². The van der Waals surface area contributed by atoms with E-state index in [4.69, 9.17) is 0 Å². The molecule has 2 heteroatoms. The largest absolute Gasteiger partial charge is 0.310 e. The van der Waals surface area contributed by atoms with E-state index < -0.39 is 5.41 Å². The molecule has 318 valence electrons. The Morgan fingerprint density at radius 3 is 1.40 bits per heavy atom. The molecular weight excluding hydrogens is 809 g/mol. The summed E-state index contributed by atoms with van der Waals surface area (Å²) in [5, 5.41) is 7.57. The van der Waals surface area contributed by atoms with Gasteiger partial charge in [-0.3, -0.25) is 0 Å². The second-order valence-corrected chi connectivity index (χ2v) is 18.7. The Kier molecular flexibility index (Phi) is 8.73. The molecule has 0 bridgehead atoms. The fourth-order valence-corrected chi connectivity index (χ4v) is 12.1. The van der Waals surface area contributed by atoms with Gasteiger partial charge in [0.15, 0.2) is 0 Å². The van der Waals surface area contributed by atoms with E-state index in [-0.39, 0.29) is 0 Å². The van der Waals surface area contributed by atoms with Crippen molar-refractivity contribution in [2.24, 2.45) is 0 Å². The van der Waals surface area contributed by atoms with Crippen LogP contribution < -0.4 is 9.80 Å². The molecule has 0 heterocycles. The lowest BCUT2D eigenvalue weighted by Gasteiger charge is -2.33. The van der Waals surface area contributed by atoms with E-state index in [0.29, 0.717) is 0 Å². The lowest BCUT2D eigenvalue weighted by atomic mass is 9.68. The Morgan fingerprint density at radius 1 is 0.313 bits per heavy atom. The average Bonchev–Trinajstić information content (AvgIpc) is 3.84. The molecule has 2 nitrogen and oxygen atoms in total. The van der Waals surface area contributed by atoms with Crippen LogP contribution in [0.2, 0.25) is 0 Å². The SMILES string of the molecule is Cc1ccc(N(c2ccccc2)c2ccc3c4c(ccc3c2)-c2c(c3ccc(N(c5ccccc5)c5ccc(C)cc5C)cc3c3ccccc23)C42c3ccccc3-c3ccccc32)c(C)c1. The summed E-state index contributed by atoms with van der Waals surface area (Å²) in [6.45, 7) is 8.80. The molecule has 0 amide bonds. The topological polar surface area (TPSA) is 6.48 Å². The van der Waals surface area contributed by atoms with Gasteiger partial charge in [-0.05, 0) is 176 Å². The first-order chi connectivity index (χ1) is 32.9. The maximum Gasteiger partial charge on any atom is 0.0737 e. The van der Waals surface area contributed by atoms with Gasteiger partial charge in [0, 0.05) is 34.1 Å². The van der Waals surface area contributed by atoms with Gasteiger partial charge in [-0.25, -0.2) is 0 Å². The molecule has 0 radical (unpaired) electrons. The molecule has 13 rings (SSSR count). The highest BCUT2D eigenvalue weighted by Gasteiger charge is 2.53. The number of nitrogens with zero attached hydrogens (tertiary/aromatic N) is 2. The first-order valence-electron chi connectivity index (χ1n) is 23.5. The van der Waals surface area contributed by atoms with E-state index in [2.05, 4.69) is 256 Å². The van der Waals surface area contributed by atoms with E-state index in [9.17, 15) is 0 Å². The molecule has 2 aliphatic carbocycles. The van der Waals surface area contributed by atoms with Gasteiger partial charge >= 0.3 is 0 Å². The lowest BCUT2D eigenvalue weighted by Crippen LogP contribution is -2.26. The van der Waals surface area contributed by atoms with Gasteiger partial charge < -0.3 is 9.80 Å². The highest BCUT2D eigenvalue weighted by atomic mass is 15.1. The molecule has 1 spiro atoms. The summed E-state index contributed by atoms with van der Waals surface area (Å²) in [6, 6.07) is 82.0. The van der Waals surface area contributed by atoms with Crippen LogP contribution in [0.5, 0.6) is 0 Å². The standard InChI is InChI=1S/C65H48N2/c1-41-27-35-60(43(3)37-41)66(46-17-7-5-8-18-46)48-30-33-50-45(39-48)29-32-56-62-54-24-12-11-21-51(54)57-40-49(67(47-19-9-6-10-20-47)61-36-28-42(2)38-44(61)4)31-34-55(57)64(62)65(63(50)56)58-25-15-13-22-52(58)53-23-14-16-26-59(53)65/h5-40H,1-4H3. The summed E-state index contributed by atoms with van der Waals surface area (Å²) in [4.78, 5) is 4.85. The molecule has 2 aliphatic rings. The monoisotopic (exact) mass is 856 g/mol. The van der Waals surface area contributed by atoms with E-state index >= 15 is 0 Å². The molecule has 0 aromatic heterocycles. The molecule has 0 saturated carbocycles. The highest BCUT2D eigenvalue weighted by molar-refractivity contribution is 6.22. The second-order valence-electron chi connectivity index (χ2n) is 18.7. The Balaban J connectivity index is 1.12. The number of fused-ring (bicyclic) bond motifs is 17. The van der Waals surface area contributed by atoms with Gasteiger partial charge in [0.25, 0.3) is 0 Å². The van der Waals surface area contributed by atoms with Crippen LogP contribution in [0.15, 0.2) is 218 Å². The predicted molar refractivity (Wildman–Crippen MR) is 284 cm³/mol. The van der Waals surface area contributed by atoms with E-state index in [1.807, 2.05) is 0 Å². The molecule has 0 fully saturated rings. The molecule has 67 heavy (non-hydrogen) atoms. The molecule has 0 N–H and O–H groups in total. The predicted octanol–water partition coefficient (Wildman–Crippen LogP) is 17.7. The minimum Gasteiger partial charge on any atom is -0.310 e. The minimum absolute atomic E-state index is 0.581.